The first kappa shape index (κ1) is 12.5. The van der Waals surface area contributed by atoms with Crippen molar-refractivity contribution in [2.75, 3.05) is 21.2 Å². The number of hydrogen-bond acceptors (Lipinski definition) is 3. The second-order valence-corrected chi connectivity index (χ2v) is 3.83. The highest BCUT2D eigenvalue weighted by molar-refractivity contribution is 6.04. The van der Waals surface area contributed by atoms with Crippen LogP contribution in [0.15, 0.2) is 30.9 Å². The maximum absolute atomic E-state index is 11.5. The first-order valence-electron chi connectivity index (χ1n) is 5.07. The zero-order chi connectivity index (χ0) is 12.1. The smallest absolute Gasteiger partial charge is 0.185 e. The molecule has 0 radical (unpaired) electrons. The van der Waals surface area contributed by atoms with Crippen LogP contribution in [-0.2, 0) is 6.54 Å². The summed E-state index contributed by atoms with van der Waals surface area (Å²) in [6, 6.07) is 5.42. The molecular weight excluding hydrogens is 202 g/mol. The molecule has 0 aliphatic heterocycles. The maximum atomic E-state index is 11.5. The van der Waals surface area contributed by atoms with Gasteiger partial charge in [-0.2, -0.15) is 0 Å². The summed E-state index contributed by atoms with van der Waals surface area (Å²) in [5.41, 5.74) is 1.65. The van der Waals surface area contributed by atoms with Crippen molar-refractivity contribution in [1.29, 1.82) is 0 Å². The summed E-state index contributed by atoms with van der Waals surface area (Å²) in [4.78, 5) is 13.5. The minimum atomic E-state index is -0.0670. The van der Waals surface area contributed by atoms with Crippen LogP contribution in [0.2, 0.25) is 0 Å². The second-order valence-electron chi connectivity index (χ2n) is 3.83. The Morgan fingerprint density at radius 2 is 2.19 bits per heavy atom. The van der Waals surface area contributed by atoms with E-state index < -0.39 is 0 Å². The number of ketones is 1. The molecule has 0 amide bonds. The van der Waals surface area contributed by atoms with Crippen molar-refractivity contribution in [3.63, 3.8) is 0 Å². The van der Waals surface area contributed by atoms with E-state index in [4.69, 9.17) is 4.74 Å². The van der Waals surface area contributed by atoms with Gasteiger partial charge in [0.05, 0.1) is 7.11 Å². The highest BCUT2D eigenvalue weighted by atomic mass is 16.5. The first-order valence-corrected chi connectivity index (χ1v) is 5.07. The Kier molecular flexibility index (Phi) is 4.26. The number of rotatable bonds is 5. The van der Waals surface area contributed by atoms with Crippen molar-refractivity contribution in [2.45, 2.75) is 6.54 Å². The predicted octanol–water partition coefficient (Wildman–Crippen LogP) is 2.13. The fraction of sp³-hybridized carbons (Fsp3) is 0.308. The molecule has 0 aliphatic carbocycles. The molecule has 1 rings (SSSR count). The molecule has 0 heterocycles. The minimum absolute atomic E-state index is 0.0670. The lowest BCUT2D eigenvalue weighted by molar-refractivity contribution is 0.104. The van der Waals surface area contributed by atoms with Gasteiger partial charge in [-0.1, -0.05) is 6.58 Å². The van der Waals surface area contributed by atoms with Gasteiger partial charge in [-0.15, -0.1) is 0 Å². The highest BCUT2D eigenvalue weighted by Gasteiger charge is 2.08. The maximum Gasteiger partial charge on any atom is 0.185 e. The zero-order valence-electron chi connectivity index (χ0n) is 9.99. The van der Waals surface area contributed by atoms with E-state index in [1.54, 1.807) is 13.2 Å². The van der Waals surface area contributed by atoms with E-state index in [-0.39, 0.29) is 5.78 Å². The van der Waals surface area contributed by atoms with Gasteiger partial charge in [0.2, 0.25) is 0 Å². The lowest BCUT2D eigenvalue weighted by Crippen LogP contribution is -2.12. The van der Waals surface area contributed by atoms with Gasteiger partial charge < -0.3 is 9.64 Å². The van der Waals surface area contributed by atoms with Gasteiger partial charge in [-0.25, -0.2) is 0 Å². The third kappa shape index (κ3) is 2.94. The molecule has 1 aromatic carbocycles. The number of ether oxygens (including phenoxy) is 1. The Labute approximate surface area is 96.3 Å². The lowest BCUT2D eigenvalue weighted by Gasteiger charge is -2.14. The molecule has 86 valence electrons. The van der Waals surface area contributed by atoms with E-state index in [0.717, 1.165) is 17.9 Å². The molecule has 0 saturated heterocycles. The predicted molar refractivity (Wildman–Crippen MR) is 64.9 cm³/mol. The van der Waals surface area contributed by atoms with E-state index in [2.05, 4.69) is 6.58 Å². The fourth-order valence-corrected chi connectivity index (χ4v) is 1.51. The quantitative estimate of drug-likeness (QED) is 0.561. The second kappa shape index (κ2) is 5.47. The van der Waals surface area contributed by atoms with E-state index in [9.17, 15) is 4.79 Å². The molecule has 0 aromatic heterocycles. The van der Waals surface area contributed by atoms with Crippen LogP contribution >= 0.6 is 0 Å². The molecule has 3 heteroatoms. The van der Waals surface area contributed by atoms with Gasteiger partial charge in [0, 0.05) is 17.7 Å². The molecule has 0 fully saturated rings. The highest BCUT2D eigenvalue weighted by Crippen LogP contribution is 2.21. The van der Waals surface area contributed by atoms with Crippen LogP contribution in [0.25, 0.3) is 0 Å². The summed E-state index contributed by atoms with van der Waals surface area (Å²) < 4.78 is 5.25. The molecule has 16 heavy (non-hydrogen) atoms. The average molecular weight is 219 g/mol. The molecule has 1 aromatic rings. The summed E-state index contributed by atoms with van der Waals surface area (Å²) in [5, 5.41) is 0. The molecular formula is C13H17NO2. The Morgan fingerprint density at radius 3 is 2.69 bits per heavy atom. The van der Waals surface area contributed by atoms with Crippen LogP contribution in [0, 0.1) is 0 Å². The SMILES string of the molecule is C=CC(=O)c1ccc(OC)c(CN(C)C)c1. The van der Waals surface area contributed by atoms with Crippen molar-refractivity contribution in [1.82, 2.24) is 4.90 Å². The molecule has 3 nitrogen and oxygen atoms in total. The van der Waals surface area contributed by atoms with Gasteiger partial charge in [-0.3, -0.25) is 4.79 Å². The summed E-state index contributed by atoms with van der Waals surface area (Å²) in [6.07, 6.45) is 1.32. The number of hydrogen-bond donors (Lipinski definition) is 0. The van der Waals surface area contributed by atoms with E-state index in [0.29, 0.717) is 5.56 Å². The fourth-order valence-electron chi connectivity index (χ4n) is 1.51. The molecule has 0 spiro atoms. The summed E-state index contributed by atoms with van der Waals surface area (Å²) in [6.45, 7) is 4.22. The normalized spacial score (nSPS) is 10.2. The van der Waals surface area contributed by atoms with Crippen LogP contribution < -0.4 is 4.74 Å². The Bertz CT molecular complexity index is 397. The summed E-state index contributed by atoms with van der Waals surface area (Å²) >= 11 is 0. The van der Waals surface area contributed by atoms with Gasteiger partial charge >= 0.3 is 0 Å². The molecule has 0 unspecified atom stereocenters. The van der Waals surface area contributed by atoms with Gasteiger partial charge in [-0.05, 0) is 38.4 Å². The van der Waals surface area contributed by atoms with Crippen LogP contribution in [0.1, 0.15) is 15.9 Å². The Balaban J connectivity index is 3.10. The molecule has 0 atom stereocenters. The first-order chi connectivity index (χ1) is 7.58. The summed E-state index contributed by atoms with van der Waals surface area (Å²) in [5.74, 6) is 0.733. The monoisotopic (exact) mass is 219 g/mol. The standard InChI is InChI=1S/C13H17NO2/c1-5-12(15)10-6-7-13(16-4)11(8-10)9-14(2)3/h5-8H,1,9H2,2-4H3. The summed E-state index contributed by atoms with van der Waals surface area (Å²) in [7, 11) is 5.58. The van der Waals surface area contributed by atoms with Gasteiger partial charge in [0.15, 0.2) is 5.78 Å². The topological polar surface area (TPSA) is 29.5 Å². The third-order valence-electron chi connectivity index (χ3n) is 2.24. The average Bonchev–Trinajstić information content (AvgIpc) is 2.27. The van der Waals surface area contributed by atoms with Crippen molar-refractivity contribution < 1.29 is 9.53 Å². The number of benzene rings is 1. The Hall–Kier alpha value is -1.61. The largest absolute Gasteiger partial charge is 0.496 e. The van der Waals surface area contributed by atoms with Crippen molar-refractivity contribution in [3.05, 3.63) is 42.0 Å². The van der Waals surface area contributed by atoms with Crippen molar-refractivity contribution in [3.8, 4) is 5.75 Å². The van der Waals surface area contributed by atoms with Crippen LogP contribution in [0.4, 0.5) is 0 Å². The van der Waals surface area contributed by atoms with E-state index in [1.165, 1.54) is 6.08 Å². The molecule has 0 bridgehead atoms. The molecule has 0 saturated carbocycles. The van der Waals surface area contributed by atoms with E-state index >= 15 is 0 Å². The minimum Gasteiger partial charge on any atom is -0.496 e. The number of carbonyl (C=O) groups is 1. The number of nitrogens with zero attached hydrogens (tertiary/aromatic N) is 1. The zero-order valence-corrected chi connectivity index (χ0v) is 9.99. The van der Waals surface area contributed by atoms with E-state index in [1.807, 2.05) is 31.1 Å². The number of methoxy groups -OCH3 is 1. The third-order valence-corrected chi connectivity index (χ3v) is 2.24. The number of carbonyl (C=O) groups excluding carboxylic acids is 1. The Morgan fingerprint density at radius 1 is 1.50 bits per heavy atom. The van der Waals surface area contributed by atoms with Crippen LogP contribution in [0.3, 0.4) is 0 Å². The van der Waals surface area contributed by atoms with Gasteiger partial charge in [0.1, 0.15) is 5.75 Å². The van der Waals surface area contributed by atoms with Crippen molar-refractivity contribution >= 4 is 5.78 Å². The van der Waals surface area contributed by atoms with Crippen LogP contribution in [-0.4, -0.2) is 31.9 Å². The molecule has 0 N–H and O–H groups in total. The number of allylic oxidation sites excluding steroid dienone is 1. The van der Waals surface area contributed by atoms with Crippen molar-refractivity contribution in [2.24, 2.45) is 0 Å². The molecule has 0 aliphatic rings. The lowest BCUT2D eigenvalue weighted by atomic mass is 10.1. The van der Waals surface area contributed by atoms with Gasteiger partial charge in [0.25, 0.3) is 0 Å². The van der Waals surface area contributed by atoms with Crippen LogP contribution in [0.5, 0.6) is 5.75 Å².